The van der Waals surface area contributed by atoms with Crippen LogP contribution in [0.2, 0.25) is 0 Å². The number of methoxy groups -OCH3 is 1. The normalized spacial score (nSPS) is 12.3. The molecule has 4 heteroatoms. The molecule has 0 bridgehead atoms. The number of aryl methyl sites for hydroxylation is 1. The van der Waals surface area contributed by atoms with Gasteiger partial charge >= 0.3 is 5.97 Å². The standard InChI is InChI=1S/C15H23NO3/c1-12-6-5-7-14(10-12)19-9-8-16(3)11-13(2)15(17)18-4/h5-7,10,13H,8-9,11H2,1-4H3. The maximum atomic E-state index is 11.3. The summed E-state index contributed by atoms with van der Waals surface area (Å²) in [4.78, 5) is 13.4. The molecule has 0 saturated carbocycles. The van der Waals surface area contributed by atoms with Crippen LogP contribution in [0.15, 0.2) is 24.3 Å². The second kappa shape index (κ2) is 7.79. The van der Waals surface area contributed by atoms with E-state index in [1.165, 1.54) is 12.7 Å². The minimum absolute atomic E-state index is 0.117. The van der Waals surface area contributed by atoms with Gasteiger partial charge in [-0.25, -0.2) is 0 Å². The van der Waals surface area contributed by atoms with Crippen molar-refractivity contribution < 1.29 is 14.3 Å². The first-order chi connectivity index (χ1) is 9.02. The molecule has 1 atom stereocenters. The maximum Gasteiger partial charge on any atom is 0.309 e. The Hall–Kier alpha value is -1.55. The minimum Gasteiger partial charge on any atom is -0.492 e. The molecule has 0 saturated heterocycles. The summed E-state index contributed by atoms with van der Waals surface area (Å²) >= 11 is 0. The monoisotopic (exact) mass is 265 g/mol. The van der Waals surface area contributed by atoms with Crippen LogP contribution in [-0.4, -0.2) is 44.7 Å². The Morgan fingerprint density at radius 3 is 2.79 bits per heavy atom. The van der Waals surface area contributed by atoms with Gasteiger partial charge in [0.1, 0.15) is 12.4 Å². The largest absolute Gasteiger partial charge is 0.492 e. The molecule has 0 amide bonds. The highest BCUT2D eigenvalue weighted by molar-refractivity contribution is 5.72. The molecule has 0 aromatic heterocycles. The van der Waals surface area contributed by atoms with Gasteiger partial charge in [-0.2, -0.15) is 0 Å². The van der Waals surface area contributed by atoms with Gasteiger partial charge in [-0.05, 0) is 31.7 Å². The molecule has 1 aromatic carbocycles. The fourth-order valence-electron chi connectivity index (χ4n) is 1.86. The van der Waals surface area contributed by atoms with Crippen molar-refractivity contribution in [3.63, 3.8) is 0 Å². The molecule has 0 radical (unpaired) electrons. The predicted molar refractivity (Wildman–Crippen MR) is 75.4 cm³/mol. The number of carbonyl (C=O) groups is 1. The Labute approximate surface area is 115 Å². The molecule has 19 heavy (non-hydrogen) atoms. The topological polar surface area (TPSA) is 38.8 Å². The first-order valence-corrected chi connectivity index (χ1v) is 6.48. The number of hydrogen-bond acceptors (Lipinski definition) is 4. The molecule has 0 N–H and O–H groups in total. The molecule has 0 heterocycles. The quantitative estimate of drug-likeness (QED) is 0.708. The van der Waals surface area contributed by atoms with Crippen molar-refractivity contribution in [2.75, 3.05) is 33.9 Å². The number of esters is 1. The number of carbonyl (C=O) groups excluding carboxylic acids is 1. The molecule has 0 aliphatic heterocycles. The van der Waals surface area contributed by atoms with Crippen LogP contribution >= 0.6 is 0 Å². The fraction of sp³-hybridized carbons (Fsp3) is 0.533. The summed E-state index contributed by atoms with van der Waals surface area (Å²) in [6.45, 7) is 5.95. The molecular weight excluding hydrogens is 242 g/mol. The zero-order valence-corrected chi connectivity index (χ0v) is 12.2. The lowest BCUT2D eigenvalue weighted by molar-refractivity contribution is -0.145. The zero-order valence-electron chi connectivity index (χ0n) is 12.2. The number of nitrogens with zero attached hydrogens (tertiary/aromatic N) is 1. The van der Waals surface area contributed by atoms with E-state index in [2.05, 4.69) is 4.90 Å². The van der Waals surface area contributed by atoms with E-state index in [9.17, 15) is 4.79 Å². The van der Waals surface area contributed by atoms with Gasteiger partial charge in [0, 0.05) is 13.1 Å². The summed E-state index contributed by atoms with van der Waals surface area (Å²) in [6, 6.07) is 7.98. The SMILES string of the molecule is COC(=O)C(C)CN(C)CCOc1cccc(C)c1. The van der Waals surface area contributed by atoms with Gasteiger partial charge in [0.25, 0.3) is 0 Å². The van der Waals surface area contributed by atoms with Crippen LogP contribution in [0.4, 0.5) is 0 Å². The first-order valence-electron chi connectivity index (χ1n) is 6.48. The van der Waals surface area contributed by atoms with Gasteiger partial charge in [-0.1, -0.05) is 19.1 Å². The van der Waals surface area contributed by atoms with E-state index in [4.69, 9.17) is 9.47 Å². The first kappa shape index (κ1) is 15.5. The Bertz CT molecular complexity index is 406. The Balaban J connectivity index is 2.27. The molecule has 4 nitrogen and oxygen atoms in total. The third-order valence-electron chi connectivity index (χ3n) is 2.92. The van der Waals surface area contributed by atoms with Crippen molar-refractivity contribution in [1.82, 2.24) is 4.90 Å². The zero-order chi connectivity index (χ0) is 14.3. The van der Waals surface area contributed by atoms with Crippen LogP contribution in [0.5, 0.6) is 5.75 Å². The van der Waals surface area contributed by atoms with E-state index >= 15 is 0 Å². The van der Waals surface area contributed by atoms with Crippen molar-refractivity contribution in [1.29, 1.82) is 0 Å². The number of hydrogen-bond donors (Lipinski definition) is 0. The van der Waals surface area contributed by atoms with Gasteiger partial charge in [0.2, 0.25) is 0 Å². The van der Waals surface area contributed by atoms with Gasteiger partial charge in [-0.15, -0.1) is 0 Å². The number of ether oxygens (including phenoxy) is 2. The lowest BCUT2D eigenvalue weighted by Crippen LogP contribution is -2.32. The molecule has 1 rings (SSSR count). The average Bonchev–Trinajstić information content (AvgIpc) is 2.37. The summed E-state index contributed by atoms with van der Waals surface area (Å²) in [5.74, 6) is 0.592. The summed E-state index contributed by atoms with van der Waals surface area (Å²) in [7, 11) is 3.39. The Morgan fingerprint density at radius 2 is 2.16 bits per heavy atom. The summed E-state index contributed by atoms with van der Waals surface area (Å²) in [6.07, 6.45) is 0. The van der Waals surface area contributed by atoms with E-state index in [1.807, 2.05) is 45.2 Å². The van der Waals surface area contributed by atoms with Crippen LogP contribution in [0.25, 0.3) is 0 Å². The Morgan fingerprint density at radius 1 is 1.42 bits per heavy atom. The smallest absolute Gasteiger partial charge is 0.309 e. The van der Waals surface area contributed by atoms with Crippen molar-refractivity contribution in [3.8, 4) is 5.75 Å². The molecule has 0 aliphatic carbocycles. The highest BCUT2D eigenvalue weighted by atomic mass is 16.5. The molecular formula is C15H23NO3. The highest BCUT2D eigenvalue weighted by Gasteiger charge is 2.15. The molecule has 0 spiro atoms. The van der Waals surface area contributed by atoms with Gasteiger partial charge in [-0.3, -0.25) is 4.79 Å². The average molecular weight is 265 g/mol. The van der Waals surface area contributed by atoms with E-state index in [-0.39, 0.29) is 11.9 Å². The summed E-state index contributed by atoms with van der Waals surface area (Å²) in [5, 5.41) is 0. The third-order valence-corrected chi connectivity index (χ3v) is 2.92. The lowest BCUT2D eigenvalue weighted by atomic mass is 10.2. The van der Waals surface area contributed by atoms with E-state index in [0.29, 0.717) is 13.2 Å². The Kier molecular flexibility index (Phi) is 6.36. The molecule has 0 aliphatic rings. The second-order valence-corrected chi connectivity index (χ2v) is 4.85. The second-order valence-electron chi connectivity index (χ2n) is 4.85. The van der Waals surface area contributed by atoms with Crippen LogP contribution in [0.3, 0.4) is 0 Å². The van der Waals surface area contributed by atoms with Crippen LogP contribution in [-0.2, 0) is 9.53 Å². The number of benzene rings is 1. The van der Waals surface area contributed by atoms with Crippen LogP contribution in [0, 0.1) is 12.8 Å². The number of likely N-dealkylation sites (N-methyl/N-ethyl adjacent to an activating group) is 1. The molecule has 106 valence electrons. The lowest BCUT2D eigenvalue weighted by Gasteiger charge is -2.20. The molecule has 1 unspecified atom stereocenters. The summed E-state index contributed by atoms with van der Waals surface area (Å²) < 4.78 is 10.4. The minimum atomic E-state index is -0.175. The van der Waals surface area contributed by atoms with Crippen molar-refractivity contribution in [2.45, 2.75) is 13.8 Å². The van der Waals surface area contributed by atoms with Crippen LogP contribution < -0.4 is 4.74 Å². The third kappa shape index (κ3) is 5.75. The van der Waals surface area contributed by atoms with Crippen molar-refractivity contribution in [3.05, 3.63) is 29.8 Å². The predicted octanol–water partition coefficient (Wildman–Crippen LogP) is 2.11. The fourth-order valence-corrected chi connectivity index (χ4v) is 1.86. The molecule has 1 aromatic rings. The van der Waals surface area contributed by atoms with E-state index in [0.717, 1.165) is 12.3 Å². The van der Waals surface area contributed by atoms with Gasteiger partial charge in [0.05, 0.1) is 13.0 Å². The highest BCUT2D eigenvalue weighted by Crippen LogP contribution is 2.12. The maximum absolute atomic E-state index is 11.3. The van der Waals surface area contributed by atoms with E-state index < -0.39 is 0 Å². The van der Waals surface area contributed by atoms with Gasteiger partial charge < -0.3 is 14.4 Å². The molecule has 0 fully saturated rings. The van der Waals surface area contributed by atoms with Gasteiger partial charge in [0.15, 0.2) is 0 Å². The van der Waals surface area contributed by atoms with E-state index in [1.54, 1.807) is 0 Å². The van der Waals surface area contributed by atoms with Crippen LogP contribution in [0.1, 0.15) is 12.5 Å². The number of rotatable bonds is 7. The van der Waals surface area contributed by atoms with Crippen molar-refractivity contribution >= 4 is 5.97 Å². The summed E-state index contributed by atoms with van der Waals surface area (Å²) in [5.41, 5.74) is 1.19. The van der Waals surface area contributed by atoms with Crippen molar-refractivity contribution in [2.24, 2.45) is 5.92 Å².